The molecule has 0 amide bonds. The number of carboxylic acids is 1. The van der Waals surface area contributed by atoms with Crippen LogP contribution in [0.4, 0.5) is 5.69 Å². The third-order valence-corrected chi connectivity index (χ3v) is 3.07. The van der Waals surface area contributed by atoms with Gasteiger partial charge in [-0.1, -0.05) is 25.1 Å². The zero-order valence-electron chi connectivity index (χ0n) is 10.6. The first-order chi connectivity index (χ1) is 9.17. The Morgan fingerprint density at radius 2 is 2.16 bits per heavy atom. The number of para-hydroxylation sites is 1. The highest BCUT2D eigenvalue weighted by Crippen LogP contribution is 2.26. The standard InChI is InChI=1S/C14H16N2O3/c1-2-9(8-17)16-13-10-5-3-4-6-12(10)15-7-11(13)14(18)19/h3-7,9,17H,2,8H2,1H3,(H,15,16)(H,18,19)/t9-/m1/s1. The van der Waals surface area contributed by atoms with E-state index in [1.807, 2.05) is 31.2 Å². The molecule has 0 aliphatic rings. The van der Waals surface area contributed by atoms with Gasteiger partial charge in [-0.3, -0.25) is 4.98 Å². The molecule has 0 unspecified atom stereocenters. The van der Waals surface area contributed by atoms with Gasteiger partial charge in [-0.2, -0.15) is 0 Å². The molecule has 2 rings (SSSR count). The number of hydrogen-bond acceptors (Lipinski definition) is 4. The molecule has 1 aromatic heterocycles. The lowest BCUT2D eigenvalue weighted by Crippen LogP contribution is -2.24. The fourth-order valence-electron chi connectivity index (χ4n) is 1.94. The molecule has 100 valence electrons. The molecule has 1 atom stereocenters. The number of fused-ring (bicyclic) bond motifs is 1. The molecular formula is C14H16N2O3. The predicted octanol–water partition coefficient (Wildman–Crippen LogP) is 2.12. The lowest BCUT2D eigenvalue weighted by atomic mass is 10.1. The second kappa shape index (κ2) is 5.67. The first kappa shape index (κ1) is 13.3. The van der Waals surface area contributed by atoms with Crippen molar-refractivity contribution in [2.75, 3.05) is 11.9 Å². The highest BCUT2D eigenvalue weighted by Gasteiger charge is 2.16. The fraction of sp³-hybridized carbons (Fsp3) is 0.286. The van der Waals surface area contributed by atoms with Crippen LogP contribution in [0.2, 0.25) is 0 Å². The first-order valence-corrected chi connectivity index (χ1v) is 6.15. The second-order valence-electron chi connectivity index (χ2n) is 4.30. The Morgan fingerprint density at radius 3 is 2.79 bits per heavy atom. The Morgan fingerprint density at radius 1 is 1.42 bits per heavy atom. The quantitative estimate of drug-likeness (QED) is 0.767. The zero-order valence-corrected chi connectivity index (χ0v) is 10.6. The Hall–Kier alpha value is -2.14. The smallest absolute Gasteiger partial charge is 0.339 e. The van der Waals surface area contributed by atoms with Crippen molar-refractivity contribution in [2.45, 2.75) is 19.4 Å². The molecule has 1 heterocycles. The van der Waals surface area contributed by atoms with Crippen molar-refractivity contribution < 1.29 is 15.0 Å². The Bertz CT molecular complexity index is 594. The van der Waals surface area contributed by atoms with E-state index in [2.05, 4.69) is 10.3 Å². The molecule has 0 saturated carbocycles. The van der Waals surface area contributed by atoms with Crippen molar-refractivity contribution in [1.29, 1.82) is 0 Å². The van der Waals surface area contributed by atoms with Crippen LogP contribution in [0.25, 0.3) is 10.9 Å². The maximum Gasteiger partial charge on any atom is 0.339 e. The van der Waals surface area contributed by atoms with E-state index in [0.29, 0.717) is 12.1 Å². The Labute approximate surface area is 110 Å². The number of aliphatic hydroxyl groups is 1. The Balaban J connectivity index is 2.58. The minimum Gasteiger partial charge on any atom is -0.478 e. The molecule has 19 heavy (non-hydrogen) atoms. The summed E-state index contributed by atoms with van der Waals surface area (Å²) in [6.45, 7) is 1.88. The summed E-state index contributed by atoms with van der Waals surface area (Å²) in [7, 11) is 0. The van der Waals surface area contributed by atoms with Crippen LogP contribution in [0, 0.1) is 0 Å². The van der Waals surface area contributed by atoms with Gasteiger partial charge in [0.25, 0.3) is 0 Å². The monoisotopic (exact) mass is 260 g/mol. The summed E-state index contributed by atoms with van der Waals surface area (Å²) < 4.78 is 0. The molecule has 1 aromatic carbocycles. The number of anilines is 1. The van der Waals surface area contributed by atoms with E-state index in [-0.39, 0.29) is 18.2 Å². The molecule has 5 heteroatoms. The highest BCUT2D eigenvalue weighted by molar-refractivity contribution is 6.04. The number of carboxylic acid groups (broad SMARTS) is 1. The number of aromatic nitrogens is 1. The lowest BCUT2D eigenvalue weighted by molar-refractivity contribution is 0.0697. The number of nitrogens with zero attached hydrogens (tertiary/aromatic N) is 1. The van der Waals surface area contributed by atoms with Crippen LogP contribution < -0.4 is 5.32 Å². The van der Waals surface area contributed by atoms with E-state index in [0.717, 1.165) is 10.9 Å². The van der Waals surface area contributed by atoms with Gasteiger partial charge in [-0.25, -0.2) is 4.79 Å². The SMILES string of the molecule is CC[C@H](CO)Nc1c(C(=O)O)cnc2ccccc12. The predicted molar refractivity (Wildman–Crippen MR) is 73.5 cm³/mol. The van der Waals surface area contributed by atoms with Crippen molar-refractivity contribution >= 4 is 22.6 Å². The Kier molecular flexibility index (Phi) is 3.97. The zero-order chi connectivity index (χ0) is 13.8. The van der Waals surface area contributed by atoms with E-state index >= 15 is 0 Å². The summed E-state index contributed by atoms with van der Waals surface area (Å²) in [6, 6.07) is 7.15. The molecule has 0 radical (unpaired) electrons. The highest BCUT2D eigenvalue weighted by atomic mass is 16.4. The minimum absolute atomic E-state index is 0.0494. The average Bonchev–Trinajstić information content (AvgIpc) is 2.44. The van der Waals surface area contributed by atoms with E-state index in [1.54, 1.807) is 0 Å². The number of hydrogen-bond donors (Lipinski definition) is 3. The van der Waals surface area contributed by atoms with Crippen LogP contribution in [0.1, 0.15) is 23.7 Å². The third-order valence-electron chi connectivity index (χ3n) is 3.07. The van der Waals surface area contributed by atoms with Crippen molar-refractivity contribution in [3.8, 4) is 0 Å². The van der Waals surface area contributed by atoms with E-state index in [4.69, 9.17) is 0 Å². The molecule has 0 spiro atoms. The summed E-state index contributed by atoms with van der Waals surface area (Å²) in [5.74, 6) is -1.03. The van der Waals surface area contributed by atoms with Gasteiger partial charge in [0, 0.05) is 17.6 Å². The number of aliphatic hydroxyl groups excluding tert-OH is 1. The first-order valence-electron chi connectivity index (χ1n) is 6.15. The maximum atomic E-state index is 11.3. The number of carbonyl (C=O) groups is 1. The van der Waals surface area contributed by atoms with Crippen molar-refractivity contribution in [3.05, 3.63) is 36.0 Å². The normalized spacial score (nSPS) is 12.3. The topological polar surface area (TPSA) is 82.5 Å². The molecule has 0 aliphatic carbocycles. The van der Waals surface area contributed by atoms with E-state index in [1.165, 1.54) is 6.20 Å². The van der Waals surface area contributed by atoms with Gasteiger partial charge < -0.3 is 15.5 Å². The van der Waals surface area contributed by atoms with E-state index in [9.17, 15) is 15.0 Å². The van der Waals surface area contributed by atoms with Gasteiger partial charge in [0.1, 0.15) is 5.56 Å². The fourth-order valence-corrected chi connectivity index (χ4v) is 1.94. The number of rotatable bonds is 5. The third kappa shape index (κ3) is 2.66. The van der Waals surface area contributed by atoms with Crippen LogP contribution in [-0.2, 0) is 0 Å². The lowest BCUT2D eigenvalue weighted by Gasteiger charge is -2.18. The molecule has 0 fully saturated rings. The van der Waals surface area contributed by atoms with Crippen molar-refractivity contribution in [3.63, 3.8) is 0 Å². The summed E-state index contributed by atoms with van der Waals surface area (Å²) >= 11 is 0. The largest absolute Gasteiger partial charge is 0.478 e. The van der Waals surface area contributed by atoms with Gasteiger partial charge in [-0.15, -0.1) is 0 Å². The van der Waals surface area contributed by atoms with Gasteiger partial charge in [-0.05, 0) is 12.5 Å². The molecule has 0 bridgehead atoms. The summed E-state index contributed by atoms with van der Waals surface area (Å²) in [5, 5.41) is 22.3. The van der Waals surface area contributed by atoms with Crippen molar-refractivity contribution in [2.24, 2.45) is 0 Å². The van der Waals surface area contributed by atoms with Gasteiger partial charge in [0.05, 0.1) is 17.8 Å². The van der Waals surface area contributed by atoms with Gasteiger partial charge in [0.2, 0.25) is 0 Å². The van der Waals surface area contributed by atoms with Crippen LogP contribution in [0.5, 0.6) is 0 Å². The molecule has 5 nitrogen and oxygen atoms in total. The van der Waals surface area contributed by atoms with E-state index < -0.39 is 5.97 Å². The average molecular weight is 260 g/mol. The number of aromatic carboxylic acids is 1. The van der Waals surface area contributed by atoms with Gasteiger partial charge in [0.15, 0.2) is 0 Å². The molecular weight excluding hydrogens is 244 g/mol. The van der Waals surface area contributed by atoms with Crippen LogP contribution in [0.3, 0.4) is 0 Å². The van der Waals surface area contributed by atoms with Crippen molar-refractivity contribution in [1.82, 2.24) is 4.98 Å². The number of nitrogens with one attached hydrogen (secondary N) is 1. The molecule has 2 aromatic rings. The minimum atomic E-state index is -1.03. The number of benzene rings is 1. The summed E-state index contributed by atoms with van der Waals surface area (Å²) in [6.07, 6.45) is 2.04. The number of pyridine rings is 1. The summed E-state index contributed by atoms with van der Waals surface area (Å²) in [5.41, 5.74) is 1.35. The maximum absolute atomic E-state index is 11.3. The summed E-state index contributed by atoms with van der Waals surface area (Å²) in [4.78, 5) is 15.4. The second-order valence-corrected chi connectivity index (χ2v) is 4.30. The van der Waals surface area contributed by atoms with Gasteiger partial charge >= 0.3 is 5.97 Å². The molecule has 3 N–H and O–H groups in total. The molecule has 0 saturated heterocycles. The van der Waals surface area contributed by atoms with Crippen LogP contribution in [0.15, 0.2) is 30.5 Å². The van der Waals surface area contributed by atoms with Crippen LogP contribution in [-0.4, -0.2) is 33.8 Å². The van der Waals surface area contributed by atoms with Crippen LogP contribution >= 0.6 is 0 Å². The molecule has 0 aliphatic heterocycles.